The van der Waals surface area contributed by atoms with Crippen LogP contribution in [0.15, 0.2) is 24.4 Å². The molecule has 7 atom stereocenters. The molecule has 1 aromatic rings. The first-order valence-electron chi connectivity index (χ1n) is 17.1. The number of nitrogens with one attached hydrogen (secondary N) is 1. The van der Waals surface area contributed by atoms with Crippen LogP contribution < -0.4 is 16.8 Å². The van der Waals surface area contributed by atoms with E-state index in [2.05, 4.69) is 10.3 Å². The molecule has 0 aliphatic heterocycles. The first kappa shape index (κ1) is 36.3. The Balaban J connectivity index is 2.06. The maximum absolute atomic E-state index is 14.7. The van der Waals surface area contributed by atoms with E-state index in [0.29, 0.717) is 37.3 Å². The minimum atomic E-state index is -2.01. The van der Waals surface area contributed by atoms with Gasteiger partial charge in [0.2, 0.25) is 5.91 Å². The maximum atomic E-state index is 14.7. The Morgan fingerprint density at radius 2 is 1.59 bits per heavy atom. The summed E-state index contributed by atoms with van der Waals surface area (Å²) in [5.41, 5.74) is 11.2. The molecule has 2 saturated carbocycles. The van der Waals surface area contributed by atoms with E-state index in [-0.39, 0.29) is 24.0 Å². The number of carbonyl (C=O) groups excluding carboxylic acids is 3. The molecule has 1 aromatic heterocycles. The Bertz CT molecular complexity index is 1060. The van der Waals surface area contributed by atoms with E-state index < -0.39 is 53.4 Å². The molecule has 1 heterocycles. The summed E-state index contributed by atoms with van der Waals surface area (Å²) < 4.78 is 0. The summed E-state index contributed by atoms with van der Waals surface area (Å²) in [6.07, 6.45) is 8.84. The van der Waals surface area contributed by atoms with Crippen LogP contribution in [0.2, 0.25) is 0 Å². The molecule has 3 rings (SSSR count). The Labute approximate surface area is 264 Å². The zero-order chi connectivity index (χ0) is 32.4. The van der Waals surface area contributed by atoms with Crippen LogP contribution in [0.1, 0.15) is 123 Å². The number of hydrogen-bond donors (Lipinski definition) is 5. The second-order valence-electron chi connectivity index (χ2n) is 14.1. The number of carbonyl (C=O) groups is 3. The van der Waals surface area contributed by atoms with Crippen molar-refractivity contribution in [3.8, 4) is 0 Å². The topological polar surface area (TPSA) is 169 Å². The Kier molecular flexibility index (Phi) is 13.9. The van der Waals surface area contributed by atoms with Crippen LogP contribution >= 0.6 is 0 Å². The van der Waals surface area contributed by atoms with Gasteiger partial charge < -0.3 is 27.0 Å². The third-order valence-corrected chi connectivity index (χ3v) is 10.3. The summed E-state index contributed by atoms with van der Waals surface area (Å²) in [6, 6.07) is 2.17. The SMILES string of the molecule is CC[C@H](C)[C@H](N)C(=O)C(NC(=O)[C@@](CC(C)C)(C(=O)C1CCCCC1)[C@@H](O)[C@H](O)[C@@H](N)CC1CCCCC1)c1ccccn1. The molecule has 248 valence electrons. The van der Waals surface area contributed by atoms with Gasteiger partial charge in [0.25, 0.3) is 0 Å². The van der Waals surface area contributed by atoms with Crippen molar-refractivity contribution in [1.82, 2.24) is 10.3 Å². The molecule has 44 heavy (non-hydrogen) atoms. The molecule has 9 heteroatoms. The van der Waals surface area contributed by atoms with Gasteiger partial charge in [0.15, 0.2) is 11.6 Å². The highest BCUT2D eigenvalue weighted by atomic mass is 16.3. The number of aliphatic hydroxyl groups is 2. The molecular weight excluding hydrogens is 556 g/mol. The number of Topliss-reactive ketones (excluding diaryl/α,β-unsaturated/α-hetero) is 2. The van der Waals surface area contributed by atoms with Crippen LogP contribution in [0.3, 0.4) is 0 Å². The lowest BCUT2D eigenvalue weighted by Crippen LogP contribution is -2.63. The smallest absolute Gasteiger partial charge is 0.237 e. The average Bonchev–Trinajstić information content (AvgIpc) is 3.04. The lowest BCUT2D eigenvalue weighted by molar-refractivity contribution is -0.165. The normalized spacial score (nSPS) is 22.3. The summed E-state index contributed by atoms with van der Waals surface area (Å²) in [5.74, 6) is -2.01. The second kappa shape index (κ2) is 16.9. The summed E-state index contributed by atoms with van der Waals surface area (Å²) >= 11 is 0. The number of nitrogens with zero attached hydrogens (tertiary/aromatic N) is 1. The van der Waals surface area contributed by atoms with Crippen molar-refractivity contribution in [3.63, 3.8) is 0 Å². The quantitative estimate of drug-likeness (QED) is 0.171. The first-order valence-corrected chi connectivity index (χ1v) is 17.1. The number of aliphatic hydroxyl groups excluding tert-OH is 2. The van der Waals surface area contributed by atoms with Crippen molar-refractivity contribution in [1.29, 1.82) is 0 Å². The molecule has 2 fully saturated rings. The van der Waals surface area contributed by atoms with Gasteiger partial charge in [-0.3, -0.25) is 19.4 Å². The fraction of sp³-hybridized carbons (Fsp3) is 0.771. The molecule has 9 nitrogen and oxygen atoms in total. The van der Waals surface area contributed by atoms with Crippen molar-refractivity contribution < 1.29 is 24.6 Å². The van der Waals surface area contributed by atoms with Gasteiger partial charge in [-0.2, -0.15) is 0 Å². The van der Waals surface area contributed by atoms with Gasteiger partial charge in [-0.1, -0.05) is 91.5 Å². The van der Waals surface area contributed by atoms with Crippen molar-refractivity contribution >= 4 is 17.5 Å². The summed E-state index contributed by atoms with van der Waals surface area (Å²) in [6.45, 7) is 7.59. The predicted octanol–water partition coefficient (Wildman–Crippen LogP) is 4.38. The van der Waals surface area contributed by atoms with Crippen LogP contribution in [-0.4, -0.2) is 57.0 Å². The molecule has 2 aliphatic carbocycles. The highest BCUT2D eigenvalue weighted by Gasteiger charge is 2.57. The Hall–Kier alpha value is -2.20. The third-order valence-electron chi connectivity index (χ3n) is 10.3. The van der Waals surface area contributed by atoms with E-state index in [9.17, 15) is 24.6 Å². The van der Waals surface area contributed by atoms with Crippen LogP contribution in [-0.2, 0) is 14.4 Å². The van der Waals surface area contributed by atoms with E-state index in [1.165, 1.54) is 12.6 Å². The zero-order valence-corrected chi connectivity index (χ0v) is 27.4. The number of aromatic nitrogens is 1. The number of pyridine rings is 1. The zero-order valence-electron chi connectivity index (χ0n) is 27.4. The second-order valence-corrected chi connectivity index (χ2v) is 14.1. The van der Waals surface area contributed by atoms with Crippen molar-refractivity contribution in [2.45, 2.75) is 141 Å². The molecule has 0 radical (unpaired) electrons. The fourth-order valence-corrected chi connectivity index (χ4v) is 7.38. The molecule has 7 N–H and O–H groups in total. The van der Waals surface area contributed by atoms with Crippen molar-refractivity contribution in [2.75, 3.05) is 0 Å². The van der Waals surface area contributed by atoms with Gasteiger partial charge in [0.1, 0.15) is 17.6 Å². The molecule has 0 aromatic carbocycles. The third kappa shape index (κ3) is 8.74. The van der Waals surface area contributed by atoms with Crippen LogP contribution in [0.5, 0.6) is 0 Å². The predicted molar refractivity (Wildman–Crippen MR) is 172 cm³/mol. The van der Waals surface area contributed by atoms with E-state index in [1.54, 1.807) is 18.2 Å². The summed E-state index contributed by atoms with van der Waals surface area (Å²) in [5, 5.41) is 26.5. The standard InChI is InChI=1S/C35H58N4O5/c1-5-23(4)28(37)31(41)29(27-18-12-13-19-38-27)39-34(44)35(21-22(2)3,32(42)25-16-10-7-11-17-25)33(43)30(40)26(36)20-24-14-8-6-9-15-24/h12-13,18-19,22-26,28-30,33,40,43H,5-11,14-17,20-21,36-37H2,1-4H3,(H,39,44)/t23-,26-,28-,29?,30+,33-,35-/m0/s1. The number of hydrogen-bond acceptors (Lipinski definition) is 8. The largest absolute Gasteiger partial charge is 0.389 e. The van der Waals surface area contributed by atoms with E-state index >= 15 is 0 Å². The highest BCUT2D eigenvalue weighted by molar-refractivity contribution is 6.09. The monoisotopic (exact) mass is 614 g/mol. The Morgan fingerprint density at radius 1 is 0.977 bits per heavy atom. The number of amides is 1. The molecular formula is C35H58N4O5. The lowest BCUT2D eigenvalue weighted by atomic mass is 9.63. The lowest BCUT2D eigenvalue weighted by Gasteiger charge is -2.43. The molecule has 1 unspecified atom stereocenters. The first-order chi connectivity index (χ1) is 20.9. The number of rotatable bonds is 16. The molecule has 0 bridgehead atoms. The van der Waals surface area contributed by atoms with E-state index in [4.69, 9.17) is 11.5 Å². The van der Waals surface area contributed by atoms with Gasteiger partial charge in [-0.05, 0) is 55.6 Å². The van der Waals surface area contributed by atoms with Gasteiger partial charge >= 0.3 is 0 Å². The molecule has 2 aliphatic rings. The van der Waals surface area contributed by atoms with Crippen molar-refractivity contribution in [3.05, 3.63) is 30.1 Å². The van der Waals surface area contributed by atoms with Crippen LogP contribution in [0, 0.1) is 29.1 Å². The average molecular weight is 615 g/mol. The van der Waals surface area contributed by atoms with Gasteiger partial charge in [0.05, 0.1) is 17.8 Å². The summed E-state index contributed by atoms with van der Waals surface area (Å²) in [4.78, 5) is 47.6. The number of ketones is 2. The van der Waals surface area contributed by atoms with E-state index in [0.717, 1.165) is 44.9 Å². The minimum Gasteiger partial charge on any atom is -0.389 e. The fourth-order valence-electron chi connectivity index (χ4n) is 7.38. The maximum Gasteiger partial charge on any atom is 0.237 e. The number of nitrogens with two attached hydrogens (primary N) is 2. The molecule has 0 spiro atoms. The highest BCUT2D eigenvalue weighted by Crippen LogP contribution is 2.42. The summed E-state index contributed by atoms with van der Waals surface area (Å²) in [7, 11) is 0. The van der Waals surface area contributed by atoms with E-state index in [1.807, 2.05) is 27.7 Å². The molecule has 1 amide bonds. The van der Waals surface area contributed by atoms with Gasteiger partial charge in [-0.15, -0.1) is 0 Å². The van der Waals surface area contributed by atoms with Crippen LogP contribution in [0.25, 0.3) is 0 Å². The van der Waals surface area contributed by atoms with Gasteiger partial charge in [0, 0.05) is 18.2 Å². The van der Waals surface area contributed by atoms with Crippen molar-refractivity contribution in [2.24, 2.45) is 40.6 Å². The van der Waals surface area contributed by atoms with Gasteiger partial charge in [-0.25, -0.2) is 0 Å². The van der Waals surface area contributed by atoms with Crippen LogP contribution in [0.4, 0.5) is 0 Å². The minimum absolute atomic E-state index is 0.00306. The Morgan fingerprint density at radius 3 is 2.14 bits per heavy atom. The molecule has 0 saturated heterocycles.